The van der Waals surface area contributed by atoms with Crippen molar-refractivity contribution in [3.8, 4) is 5.75 Å². The van der Waals surface area contributed by atoms with Gasteiger partial charge in [0, 0.05) is 15.6 Å². The average Bonchev–Trinajstić information content (AvgIpc) is 2.09. The summed E-state index contributed by atoms with van der Waals surface area (Å²) in [5.74, 6) is 0.426. The Labute approximate surface area is 97.9 Å². The van der Waals surface area contributed by atoms with Crippen molar-refractivity contribution in [1.82, 2.24) is 0 Å². The van der Waals surface area contributed by atoms with Gasteiger partial charge >= 0.3 is 0 Å². The Hall–Kier alpha value is 0.160. The van der Waals surface area contributed by atoms with Crippen LogP contribution < -0.4 is 4.74 Å². The normalized spacial score (nSPS) is 20.7. The molecule has 0 radical (unpaired) electrons. The quantitative estimate of drug-likeness (QED) is 0.507. The fourth-order valence-electron chi connectivity index (χ4n) is 1.34. The molecule has 0 saturated heterocycles. The van der Waals surface area contributed by atoms with Crippen molar-refractivity contribution in [1.29, 1.82) is 0 Å². The van der Waals surface area contributed by atoms with Gasteiger partial charge in [-0.3, -0.25) is 0 Å². The van der Waals surface area contributed by atoms with Gasteiger partial charge < -0.3 is 4.74 Å². The maximum atomic E-state index is 13.1. The first-order valence-electron chi connectivity index (χ1n) is 3.94. The zero-order chi connectivity index (χ0) is 9.42. The lowest BCUT2D eigenvalue weighted by Gasteiger charge is -2.22. The van der Waals surface area contributed by atoms with E-state index in [-0.39, 0.29) is 5.82 Å². The van der Waals surface area contributed by atoms with E-state index < -0.39 is 0 Å². The SMILES string of the molecule is Fc1cc2c(cc1Br)C(I)CCO2. The summed E-state index contributed by atoms with van der Waals surface area (Å²) in [5.41, 5.74) is 1.08. The first kappa shape index (κ1) is 9.71. The minimum absolute atomic E-state index is 0.260. The molecule has 0 fully saturated rings. The molecule has 1 atom stereocenters. The van der Waals surface area contributed by atoms with E-state index in [4.69, 9.17) is 4.74 Å². The Balaban J connectivity index is 2.52. The third-order valence-electron chi connectivity index (χ3n) is 2.02. The van der Waals surface area contributed by atoms with E-state index in [2.05, 4.69) is 38.5 Å². The van der Waals surface area contributed by atoms with Gasteiger partial charge in [0.05, 0.1) is 11.1 Å². The first-order valence-corrected chi connectivity index (χ1v) is 5.98. The zero-order valence-electron chi connectivity index (χ0n) is 6.69. The van der Waals surface area contributed by atoms with Gasteiger partial charge in [-0.1, -0.05) is 22.6 Å². The van der Waals surface area contributed by atoms with Crippen LogP contribution >= 0.6 is 38.5 Å². The summed E-state index contributed by atoms with van der Waals surface area (Å²) in [6.07, 6.45) is 0.992. The van der Waals surface area contributed by atoms with Crippen molar-refractivity contribution >= 4 is 38.5 Å². The zero-order valence-corrected chi connectivity index (χ0v) is 10.4. The molecule has 1 aliphatic heterocycles. The Kier molecular flexibility index (Phi) is 2.78. The minimum atomic E-state index is -0.260. The predicted octanol–water partition coefficient (Wildman–Crippen LogP) is 3.85. The molecule has 1 aromatic rings. The van der Waals surface area contributed by atoms with E-state index in [1.54, 1.807) is 6.07 Å². The molecule has 70 valence electrons. The highest BCUT2D eigenvalue weighted by atomic mass is 127. The van der Waals surface area contributed by atoms with Crippen LogP contribution in [0.1, 0.15) is 15.9 Å². The van der Waals surface area contributed by atoms with E-state index in [1.807, 2.05) is 0 Å². The third-order valence-corrected chi connectivity index (χ3v) is 3.92. The number of alkyl halides is 1. The van der Waals surface area contributed by atoms with Crippen molar-refractivity contribution in [3.63, 3.8) is 0 Å². The van der Waals surface area contributed by atoms with Crippen LogP contribution in [0.3, 0.4) is 0 Å². The Morgan fingerprint density at radius 3 is 3.08 bits per heavy atom. The molecule has 13 heavy (non-hydrogen) atoms. The number of halogens is 3. The summed E-state index contributed by atoms with van der Waals surface area (Å²) in [6.45, 7) is 0.682. The van der Waals surface area contributed by atoms with E-state index in [1.165, 1.54) is 6.07 Å². The van der Waals surface area contributed by atoms with E-state index >= 15 is 0 Å². The van der Waals surface area contributed by atoms with Crippen LogP contribution in [0.2, 0.25) is 0 Å². The van der Waals surface area contributed by atoms with Crippen LogP contribution in [0.5, 0.6) is 5.75 Å². The monoisotopic (exact) mass is 356 g/mol. The van der Waals surface area contributed by atoms with E-state index in [9.17, 15) is 4.39 Å². The van der Waals surface area contributed by atoms with Crippen LogP contribution in [0.25, 0.3) is 0 Å². The lowest BCUT2D eigenvalue weighted by Crippen LogP contribution is -2.10. The topological polar surface area (TPSA) is 9.23 Å². The number of hydrogen-bond donors (Lipinski definition) is 0. The maximum absolute atomic E-state index is 13.1. The molecule has 1 aliphatic rings. The van der Waals surface area contributed by atoms with Crippen molar-refractivity contribution < 1.29 is 9.13 Å². The first-order chi connectivity index (χ1) is 6.18. The van der Waals surface area contributed by atoms with Crippen LogP contribution in [-0.4, -0.2) is 6.61 Å². The highest BCUT2D eigenvalue weighted by molar-refractivity contribution is 14.1. The number of fused-ring (bicyclic) bond motifs is 1. The van der Waals surface area contributed by atoms with Crippen molar-refractivity contribution in [3.05, 3.63) is 28.0 Å². The van der Waals surface area contributed by atoms with Gasteiger partial charge in [-0.2, -0.15) is 0 Å². The molecule has 1 nitrogen and oxygen atoms in total. The largest absolute Gasteiger partial charge is 0.493 e. The van der Waals surface area contributed by atoms with Crippen LogP contribution in [-0.2, 0) is 0 Å². The van der Waals surface area contributed by atoms with Gasteiger partial charge in [0.2, 0.25) is 0 Å². The second-order valence-electron chi connectivity index (χ2n) is 2.91. The fourth-order valence-corrected chi connectivity index (χ4v) is 2.44. The van der Waals surface area contributed by atoms with Gasteiger partial charge in [0.25, 0.3) is 0 Å². The van der Waals surface area contributed by atoms with Crippen LogP contribution in [0.15, 0.2) is 16.6 Å². The summed E-state index contributed by atoms with van der Waals surface area (Å²) in [7, 11) is 0. The Morgan fingerprint density at radius 2 is 2.31 bits per heavy atom. The second-order valence-corrected chi connectivity index (χ2v) is 5.27. The highest BCUT2D eigenvalue weighted by Crippen LogP contribution is 2.40. The van der Waals surface area contributed by atoms with Gasteiger partial charge in [-0.05, 0) is 28.4 Å². The summed E-state index contributed by atoms with van der Waals surface area (Å²) < 4.78 is 19.4. The molecular weight excluding hydrogens is 350 g/mol. The lowest BCUT2D eigenvalue weighted by molar-refractivity contribution is 0.287. The van der Waals surface area contributed by atoms with E-state index in [0.717, 1.165) is 12.0 Å². The molecule has 0 saturated carbocycles. The summed E-state index contributed by atoms with van der Waals surface area (Å²) in [5, 5.41) is 0. The molecule has 0 aliphatic carbocycles. The van der Waals surface area contributed by atoms with Crippen LogP contribution in [0.4, 0.5) is 4.39 Å². The Bertz CT molecular complexity index is 343. The average molecular weight is 357 g/mol. The molecule has 1 unspecified atom stereocenters. The van der Waals surface area contributed by atoms with Gasteiger partial charge in [0.1, 0.15) is 11.6 Å². The summed E-state index contributed by atoms with van der Waals surface area (Å²) in [4.78, 5) is 0. The fraction of sp³-hybridized carbons (Fsp3) is 0.333. The Morgan fingerprint density at radius 1 is 1.54 bits per heavy atom. The van der Waals surface area contributed by atoms with Gasteiger partial charge in [-0.25, -0.2) is 4.39 Å². The van der Waals surface area contributed by atoms with Gasteiger partial charge in [0.15, 0.2) is 0 Å². The minimum Gasteiger partial charge on any atom is -0.493 e. The number of rotatable bonds is 0. The molecule has 0 aromatic heterocycles. The molecule has 2 rings (SSSR count). The second kappa shape index (κ2) is 3.73. The standard InChI is InChI=1S/C9H7BrFIO/c10-6-3-5-8(12)1-2-13-9(5)4-7(6)11/h3-4,8H,1-2H2. The molecule has 4 heteroatoms. The molecule has 0 amide bonds. The molecule has 1 heterocycles. The maximum Gasteiger partial charge on any atom is 0.141 e. The van der Waals surface area contributed by atoms with Gasteiger partial charge in [-0.15, -0.1) is 0 Å². The summed E-state index contributed by atoms with van der Waals surface area (Å²) in [6, 6.07) is 3.26. The molecule has 0 bridgehead atoms. The third kappa shape index (κ3) is 1.83. The molecule has 0 N–H and O–H groups in total. The number of ether oxygens (including phenoxy) is 1. The lowest BCUT2D eigenvalue weighted by atomic mass is 10.1. The van der Waals surface area contributed by atoms with Crippen molar-refractivity contribution in [2.24, 2.45) is 0 Å². The van der Waals surface area contributed by atoms with Crippen molar-refractivity contribution in [2.45, 2.75) is 10.3 Å². The van der Waals surface area contributed by atoms with Crippen LogP contribution in [0, 0.1) is 5.82 Å². The molecular formula is C9H7BrFIO. The predicted molar refractivity (Wildman–Crippen MR) is 61.0 cm³/mol. The number of hydrogen-bond acceptors (Lipinski definition) is 1. The smallest absolute Gasteiger partial charge is 0.141 e. The summed E-state index contributed by atoms with van der Waals surface area (Å²) >= 11 is 5.52. The highest BCUT2D eigenvalue weighted by Gasteiger charge is 2.20. The van der Waals surface area contributed by atoms with Crippen molar-refractivity contribution in [2.75, 3.05) is 6.61 Å². The molecule has 1 aromatic carbocycles. The van der Waals surface area contributed by atoms with E-state index in [0.29, 0.717) is 20.8 Å². The molecule has 0 spiro atoms. The number of benzene rings is 1.